The predicted molar refractivity (Wildman–Crippen MR) is 94.1 cm³/mol. The highest BCUT2D eigenvalue weighted by atomic mass is 16.5. The number of nitrogens with zero attached hydrogens (tertiary/aromatic N) is 1. The summed E-state index contributed by atoms with van der Waals surface area (Å²) in [5, 5.41) is 11.3. The zero-order chi connectivity index (χ0) is 17.2. The maximum absolute atomic E-state index is 13.1. The minimum absolute atomic E-state index is 0.0559. The lowest BCUT2D eigenvalue weighted by Gasteiger charge is -2.44. The second-order valence-corrected chi connectivity index (χ2v) is 6.16. The van der Waals surface area contributed by atoms with E-state index < -0.39 is 11.5 Å². The van der Waals surface area contributed by atoms with Crippen molar-refractivity contribution in [3.63, 3.8) is 0 Å². The molecule has 126 valence electrons. The van der Waals surface area contributed by atoms with Crippen molar-refractivity contribution in [2.24, 2.45) is 5.92 Å². The van der Waals surface area contributed by atoms with Crippen molar-refractivity contribution in [2.45, 2.75) is 25.4 Å². The fraction of sp³-hybridized carbons (Fsp3) is 0.350. The van der Waals surface area contributed by atoms with E-state index >= 15 is 0 Å². The lowest BCUT2D eigenvalue weighted by Crippen LogP contribution is -2.53. The van der Waals surface area contributed by atoms with E-state index in [0.29, 0.717) is 25.1 Å². The van der Waals surface area contributed by atoms with Gasteiger partial charge in [0.25, 0.3) is 0 Å². The number of anilines is 1. The Morgan fingerprint density at radius 2 is 1.83 bits per heavy atom. The Balaban J connectivity index is 1.97. The second-order valence-electron chi connectivity index (χ2n) is 6.16. The van der Waals surface area contributed by atoms with Gasteiger partial charge in [0.1, 0.15) is 11.4 Å². The number of aliphatic hydroxyl groups is 1. The topological polar surface area (TPSA) is 49.8 Å². The summed E-state index contributed by atoms with van der Waals surface area (Å²) >= 11 is 0. The standard InChI is InChI=1S/C20H23NO3/c1-3-16-19(22)21(17-11-7-8-12-18(17)24-2)14-13-20(16,23)15-9-5-4-6-10-15/h4-12,16,23H,3,13-14H2,1-2H3/t16-,20-/m0/s1. The number of amides is 1. The number of carbonyl (C=O) groups is 1. The largest absolute Gasteiger partial charge is 0.495 e. The summed E-state index contributed by atoms with van der Waals surface area (Å²) in [5.74, 6) is 0.143. The molecule has 24 heavy (non-hydrogen) atoms. The van der Waals surface area contributed by atoms with Crippen molar-refractivity contribution in [1.82, 2.24) is 0 Å². The number of methoxy groups -OCH3 is 1. The summed E-state index contributed by atoms with van der Waals surface area (Å²) in [4.78, 5) is 14.9. The van der Waals surface area contributed by atoms with E-state index in [1.807, 2.05) is 61.5 Å². The van der Waals surface area contributed by atoms with Gasteiger partial charge in [0, 0.05) is 6.54 Å². The van der Waals surface area contributed by atoms with E-state index in [2.05, 4.69) is 0 Å². The number of hydrogen-bond donors (Lipinski definition) is 1. The average molecular weight is 325 g/mol. The molecule has 1 heterocycles. The van der Waals surface area contributed by atoms with Crippen LogP contribution in [0.2, 0.25) is 0 Å². The molecule has 0 aromatic heterocycles. The SMILES string of the molecule is CC[C@H]1C(=O)N(c2ccccc2OC)CC[C@]1(O)c1ccccc1. The van der Waals surface area contributed by atoms with Crippen LogP contribution in [-0.2, 0) is 10.4 Å². The van der Waals surface area contributed by atoms with Gasteiger partial charge >= 0.3 is 0 Å². The van der Waals surface area contributed by atoms with E-state index in [1.165, 1.54) is 0 Å². The highest BCUT2D eigenvalue weighted by molar-refractivity contribution is 5.98. The summed E-state index contributed by atoms with van der Waals surface area (Å²) in [7, 11) is 1.60. The van der Waals surface area contributed by atoms with E-state index in [-0.39, 0.29) is 5.91 Å². The van der Waals surface area contributed by atoms with Crippen LogP contribution < -0.4 is 9.64 Å². The lowest BCUT2D eigenvalue weighted by atomic mass is 9.74. The third-order valence-electron chi connectivity index (χ3n) is 4.92. The van der Waals surface area contributed by atoms with E-state index in [0.717, 1.165) is 11.3 Å². The Morgan fingerprint density at radius 3 is 2.50 bits per heavy atom. The van der Waals surface area contributed by atoms with Gasteiger partial charge < -0.3 is 14.7 Å². The van der Waals surface area contributed by atoms with Gasteiger partial charge in [-0.15, -0.1) is 0 Å². The molecule has 4 heteroatoms. The fourth-order valence-electron chi connectivity index (χ4n) is 3.64. The first-order valence-corrected chi connectivity index (χ1v) is 8.34. The number of hydrogen-bond acceptors (Lipinski definition) is 3. The molecule has 2 aromatic carbocycles. The van der Waals surface area contributed by atoms with Crippen molar-refractivity contribution in [3.8, 4) is 5.75 Å². The quantitative estimate of drug-likeness (QED) is 0.938. The number of piperidine rings is 1. The molecule has 0 unspecified atom stereocenters. The molecule has 0 spiro atoms. The van der Waals surface area contributed by atoms with E-state index in [4.69, 9.17) is 4.74 Å². The highest BCUT2D eigenvalue weighted by Crippen LogP contribution is 2.42. The van der Waals surface area contributed by atoms with Gasteiger partial charge in [0.15, 0.2) is 0 Å². The Morgan fingerprint density at radius 1 is 1.17 bits per heavy atom. The molecule has 4 nitrogen and oxygen atoms in total. The van der Waals surface area contributed by atoms with Gasteiger partial charge in [-0.25, -0.2) is 0 Å². The molecular formula is C20H23NO3. The maximum Gasteiger partial charge on any atom is 0.233 e. The molecule has 0 saturated carbocycles. The van der Waals surface area contributed by atoms with Crippen LogP contribution in [0, 0.1) is 5.92 Å². The molecule has 0 aliphatic carbocycles. The first-order chi connectivity index (χ1) is 11.6. The van der Waals surface area contributed by atoms with Crippen LogP contribution in [0.1, 0.15) is 25.3 Å². The first kappa shape index (κ1) is 16.5. The van der Waals surface area contributed by atoms with Gasteiger partial charge in [0.2, 0.25) is 5.91 Å². The van der Waals surface area contributed by atoms with Crippen molar-refractivity contribution in [1.29, 1.82) is 0 Å². The lowest BCUT2D eigenvalue weighted by molar-refractivity contribution is -0.138. The van der Waals surface area contributed by atoms with Crippen molar-refractivity contribution in [3.05, 3.63) is 60.2 Å². The van der Waals surface area contributed by atoms with Gasteiger partial charge in [-0.3, -0.25) is 4.79 Å². The third-order valence-corrected chi connectivity index (χ3v) is 4.92. The average Bonchev–Trinajstić information content (AvgIpc) is 2.63. The van der Waals surface area contributed by atoms with Crippen LogP contribution in [0.4, 0.5) is 5.69 Å². The van der Waals surface area contributed by atoms with Crippen LogP contribution in [0.15, 0.2) is 54.6 Å². The van der Waals surface area contributed by atoms with Crippen LogP contribution >= 0.6 is 0 Å². The zero-order valence-corrected chi connectivity index (χ0v) is 14.1. The molecule has 1 aliphatic rings. The number of para-hydroxylation sites is 2. The molecule has 1 aliphatic heterocycles. The molecule has 3 rings (SSSR count). The van der Waals surface area contributed by atoms with Crippen molar-refractivity contribution >= 4 is 11.6 Å². The molecule has 0 radical (unpaired) electrons. The van der Waals surface area contributed by atoms with Crippen LogP contribution in [0.25, 0.3) is 0 Å². The number of rotatable bonds is 4. The fourth-order valence-corrected chi connectivity index (χ4v) is 3.64. The van der Waals surface area contributed by atoms with Crippen molar-refractivity contribution < 1.29 is 14.6 Å². The van der Waals surface area contributed by atoms with Gasteiger partial charge in [-0.2, -0.15) is 0 Å². The Hall–Kier alpha value is -2.33. The monoisotopic (exact) mass is 325 g/mol. The zero-order valence-electron chi connectivity index (χ0n) is 14.1. The van der Waals surface area contributed by atoms with Crippen LogP contribution in [0.3, 0.4) is 0 Å². The molecule has 1 amide bonds. The molecule has 1 fully saturated rings. The summed E-state index contributed by atoms with van der Waals surface area (Å²) < 4.78 is 5.40. The molecule has 0 bridgehead atoms. The van der Waals surface area contributed by atoms with E-state index in [1.54, 1.807) is 12.0 Å². The molecule has 1 saturated heterocycles. The second kappa shape index (κ2) is 6.65. The molecule has 2 aromatic rings. The van der Waals surface area contributed by atoms with Crippen LogP contribution in [0.5, 0.6) is 5.75 Å². The maximum atomic E-state index is 13.1. The van der Waals surface area contributed by atoms with E-state index in [9.17, 15) is 9.90 Å². The molecular weight excluding hydrogens is 302 g/mol. The molecule has 2 atom stereocenters. The summed E-state index contributed by atoms with van der Waals surface area (Å²) in [6.45, 7) is 2.41. The molecule has 1 N–H and O–H groups in total. The normalized spacial score (nSPS) is 24.0. The Labute approximate surface area is 142 Å². The smallest absolute Gasteiger partial charge is 0.233 e. The number of carbonyl (C=O) groups excluding carboxylic acids is 1. The summed E-state index contributed by atoms with van der Waals surface area (Å²) in [5.41, 5.74) is 0.453. The van der Waals surface area contributed by atoms with Gasteiger partial charge in [-0.05, 0) is 30.5 Å². The summed E-state index contributed by atoms with van der Waals surface area (Å²) in [6, 6.07) is 17.0. The third kappa shape index (κ3) is 2.67. The minimum Gasteiger partial charge on any atom is -0.495 e. The van der Waals surface area contributed by atoms with Gasteiger partial charge in [-0.1, -0.05) is 49.4 Å². The van der Waals surface area contributed by atoms with Gasteiger partial charge in [0.05, 0.1) is 18.7 Å². The Bertz CT molecular complexity index is 716. The minimum atomic E-state index is -1.12. The van der Waals surface area contributed by atoms with Crippen molar-refractivity contribution in [2.75, 3.05) is 18.6 Å². The first-order valence-electron chi connectivity index (χ1n) is 8.34. The highest BCUT2D eigenvalue weighted by Gasteiger charge is 2.47. The Kier molecular flexibility index (Phi) is 4.58. The van der Waals surface area contributed by atoms with Crippen LogP contribution in [-0.4, -0.2) is 24.7 Å². The summed E-state index contributed by atoms with van der Waals surface area (Å²) in [6.07, 6.45) is 1.08. The number of benzene rings is 2. The predicted octanol–water partition coefficient (Wildman–Crippen LogP) is 3.35. The number of ether oxygens (including phenoxy) is 1.